The highest BCUT2D eigenvalue weighted by molar-refractivity contribution is 5.93. The van der Waals surface area contributed by atoms with Gasteiger partial charge in [-0.25, -0.2) is 5.43 Å². The van der Waals surface area contributed by atoms with Crippen LogP contribution in [0.25, 0.3) is 0 Å². The molecule has 2 aliphatic heterocycles. The highest BCUT2D eigenvalue weighted by atomic mass is 16.3. The summed E-state index contributed by atoms with van der Waals surface area (Å²) < 4.78 is 0. The van der Waals surface area contributed by atoms with E-state index in [9.17, 15) is 5.11 Å². The van der Waals surface area contributed by atoms with Crippen LogP contribution in [0.5, 0.6) is 0 Å². The maximum atomic E-state index is 10.3. The van der Waals surface area contributed by atoms with Gasteiger partial charge in [0.1, 0.15) is 12.7 Å². The number of aromatic amines is 1. The maximum Gasteiger partial charge on any atom is 0.285 e. The normalized spacial score (nSPS) is 17.7. The van der Waals surface area contributed by atoms with Gasteiger partial charge in [-0.1, -0.05) is 30.3 Å². The minimum absolute atomic E-state index is 0.399. The number of hydrazine groups is 1. The van der Waals surface area contributed by atoms with E-state index in [1.807, 2.05) is 65.6 Å². The zero-order chi connectivity index (χ0) is 17.9. The van der Waals surface area contributed by atoms with Gasteiger partial charge in [-0.2, -0.15) is 10.1 Å². The predicted molar refractivity (Wildman–Crippen MR) is 99.8 cm³/mol. The fourth-order valence-corrected chi connectivity index (χ4v) is 2.88. The quantitative estimate of drug-likeness (QED) is 0.592. The summed E-state index contributed by atoms with van der Waals surface area (Å²) in [5.74, 6) is 2.46. The predicted octanol–water partition coefficient (Wildman–Crippen LogP) is 1.51. The standard InChI is InChI=1S/C18H21N7O/c1-13-9-16(23-22-13)21-18-12-24(11-17-19-7-8-25(17)18)20-10-15(26)14-5-3-2-4-6-14/h2-9,12,15,20,26H,10-11H2,1H3,(H2,21,22,23)/q+1/t15-/m1/s1. The smallest absolute Gasteiger partial charge is 0.285 e. The molecule has 4 rings (SSSR count). The second-order valence-corrected chi connectivity index (χ2v) is 6.21. The van der Waals surface area contributed by atoms with Crippen molar-refractivity contribution in [3.05, 3.63) is 72.1 Å². The van der Waals surface area contributed by atoms with Crippen molar-refractivity contribution in [3.8, 4) is 0 Å². The van der Waals surface area contributed by atoms with Gasteiger partial charge < -0.3 is 5.11 Å². The van der Waals surface area contributed by atoms with E-state index < -0.39 is 6.10 Å². The first-order chi connectivity index (χ1) is 12.7. The van der Waals surface area contributed by atoms with E-state index in [0.717, 1.165) is 28.7 Å². The highest BCUT2D eigenvalue weighted by Gasteiger charge is 2.37. The Morgan fingerprint density at radius 2 is 2.19 bits per heavy atom. The van der Waals surface area contributed by atoms with Crippen LogP contribution < -0.4 is 15.6 Å². The van der Waals surface area contributed by atoms with Gasteiger partial charge in [-0.3, -0.25) is 15.4 Å². The average molecular weight is 351 g/mol. The summed E-state index contributed by atoms with van der Waals surface area (Å²) in [6.07, 6.45) is 5.03. The van der Waals surface area contributed by atoms with Gasteiger partial charge in [0, 0.05) is 18.3 Å². The van der Waals surface area contributed by atoms with Crippen LogP contribution >= 0.6 is 0 Å². The first-order valence-electron chi connectivity index (χ1n) is 8.45. The lowest BCUT2D eigenvalue weighted by Crippen LogP contribution is -2.50. The molecule has 2 aromatic rings. The molecular weight excluding hydrogens is 330 g/mol. The summed E-state index contributed by atoms with van der Waals surface area (Å²) in [7, 11) is 0. The van der Waals surface area contributed by atoms with E-state index in [1.54, 1.807) is 6.20 Å². The molecule has 1 aromatic carbocycles. The molecular formula is C18H21N7O+. The first-order valence-corrected chi connectivity index (χ1v) is 8.45. The molecule has 4 N–H and O–H groups in total. The number of rotatable bonds is 6. The van der Waals surface area contributed by atoms with Gasteiger partial charge in [0.05, 0.1) is 12.3 Å². The van der Waals surface area contributed by atoms with Gasteiger partial charge in [0.25, 0.3) is 11.7 Å². The van der Waals surface area contributed by atoms with Gasteiger partial charge in [-0.05, 0) is 17.4 Å². The van der Waals surface area contributed by atoms with Gasteiger partial charge >= 0.3 is 0 Å². The van der Waals surface area contributed by atoms with Crippen LogP contribution in [0, 0.1) is 6.92 Å². The molecule has 0 fully saturated rings. The molecule has 133 valence electrons. The summed E-state index contributed by atoms with van der Waals surface area (Å²) in [5.41, 5.74) is 5.12. The van der Waals surface area contributed by atoms with Crippen molar-refractivity contribution >= 4 is 11.7 Å². The monoisotopic (exact) mass is 351 g/mol. The molecule has 2 aliphatic rings. The fourth-order valence-electron chi connectivity index (χ4n) is 2.88. The van der Waals surface area contributed by atoms with E-state index in [-0.39, 0.29) is 0 Å². The number of aromatic nitrogens is 2. The van der Waals surface area contributed by atoms with Crippen molar-refractivity contribution in [2.45, 2.75) is 13.0 Å². The number of nitrogens with zero attached hydrogens (tertiary/aromatic N) is 4. The average Bonchev–Trinajstić information content (AvgIpc) is 3.29. The van der Waals surface area contributed by atoms with Crippen LogP contribution in [0.2, 0.25) is 0 Å². The molecule has 1 radical (unpaired) electrons. The Morgan fingerprint density at radius 1 is 1.35 bits per heavy atom. The van der Waals surface area contributed by atoms with Crippen LogP contribution in [0.15, 0.2) is 65.8 Å². The molecule has 26 heavy (non-hydrogen) atoms. The van der Waals surface area contributed by atoms with E-state index in [2.05, 4.69) is 25.9 Å². The van der Waals surface area contributed by atoms with Gasteiger partial charge in [0.2, 0.25) is 0 Å². The lowest BCUT2D eigenvalue weighted by molar-refractivity contribution is 0.142. The number of H-pyrrole nitrogens is 1. The molecule has 8 heteroatoms. The van der Waals surface area contributed by atoms with Crippen LogP contribution in [-0.4, -0.2) is 39.2 Å². The number of nitrogens with one attached hydrogen (secondary N) is 3. The summed E-state index contributed by atoms with van der Waals surface area (Å²) in [6.45, 7) is 2.95. The third-order valence-corrected chi connectivity index (χ3v) is 4.20. The number of fused-ring (bicyclic) bond motifs is 1. The molecule has 0 unspecified atom stereocenters. The summed E-state index contributed by atoms with van der Waals surface area (Å²) in [4.78, 5) is 6.38. The largest absolute Gasteiger partial charge is 0.387 e. The van der Waals surface area contributed by atoms with E-state index in [4.69, 9.17) is 0 Å². The minimum Gasteiger partial charge on any atom is -0.387 e. The third kappa shape index (κ3) is 3.52. The molecule has 0 aliphatic carbocycles. The maximum absolute atomic E-state index is 10.3. The second-order valence-electron chi connectivity index (χ2n) is 6.21. The fraction of sp³-hybridized carbons (Fsp3) is 0.222. The van der Waals surface area contributed by atoms with Crippen molar-refractivity contribution in [1.29, 1.82) is 0 Å². The SMILES string of the molecule is Cc1cc(NC2=CN(NC[C@@H](O)c3ccccc3)CC3=NC=C[N+]23)n[nH]1. The van der Waals surface area contributed by atoms with Crippen LogP contribution in [0.4, 0.5) is 5.82 Å². The van der Waals surface area contributed by atoms with E-state index in [1.165, 1.54) is 0 Å². The Balaban J connectivity index is 1.45. The van der Waals surface area contributed by atoms with Crippen molar-refractivity contribution in [3.63, 3.8) is 0 Å². The van der Waals surface area contributed by atoms with Crippen LogP contribution in [-0.2, 0) is 0 Å². The number of hydrogen-bond donors (Lipinski definition) is 4. The summed E-state index contributed by atoms with van der Waals surface area (Å²) in [5, 5.41) is 22.7. The Hall–Kier alpha value is -2.94. The molecule has 0 spiro atoms. The summed E-state index contributed by atoms with van der Waals surface area (Å²) in [6, 6.07) is 11.5. The first kappa shape index (κ1) is 16.5. The number of aliphatic hydroxyl groups excluding tert-OH is 1. The Kier molecular flexibility index (Phi) is 4.53. The number of anilines is 1. The molecule has 0 saturated heterocycles. The van der Waals surface area contributed by atoms with Crippen molar-refractivity contribution < 1.29 is 5.11 Å². The third-order valence-electron chi connectivity index (χ3n) is 4.20. The van der Waals surface area contributed by atoms with Crippen LogP contribution in [0.3, 0.4) is 0 Å². The number of benzene rings is 1. The van der Waals surface area contributed by atoms with E-state index >= 15 is 0 Å². The Morgan fingerprint density at radius 3 is 2.96 bits per heavy atom. The molecule has 1 aromatic heterocycles. The molecule has 8 nitrogen and oxygen atoms in total. The molecule has 0 saturated carbocycles. The number of aliphatic imine (C=N–C) groups is 1. The Labute approximate surface area is 151 Å². The van der Waals surface area contributed by atoms with Crippen molar-refractivity contribution in [2.75, 3.05) is 18.4 Å². The lowest BCUT2D eigenvalue weighted by atomic mass is 10.1. The molecule has 0 bridgehead atoms. The van der Waals surface area contributed by atoms with E-state index in [0.29, 0.717) is 13.1 Å². The number of aryl methyl sites for hydroxylation is 1. The minimum atomic E-state index is -0.586. The zero-order valence-electron chi connectivity index (χ0n) is 14.4. The van der Waals surface area contributed by atoms with Crippen molar-refractivity contribution in [1.82, 2.24) is 25.5 Å². The van der Waals surface area contributed by atoms with Gasteiger partial charge in [0.15, 0.2) is 12.0 Å². The topological polar surface area (TPSA) is 94.5 Å². The van der Waals surface area contributed by atoms with Crippen LogP contribution in [0.1, 0.15) is 17.4 Å². The number of amidine groups is 1. The lowest BCUT2D eigenvalue weighted by Gasteiger charge is -2.26. The number of aliphatic hydroxyl groups is 1. The molecule has 1 atom stereocenters. The Bertz CT molecular complexity index is 855. The van der Waals surface area contributed by atoms with Gasteiger partial charge in [-0.15, -0.1) is 0 Å². The highest BCUT2D eigenvalue weighted by Crippen LogP contribution is 2.18. The zero-order valence-corrected chi connectivity index (χ0v) is 14.4. The second kappa shape index (κ2) is 7.12. The summed E-state index contributed by atoms with van der Waals surface area (Å²) >= 11 is 0. The van der Waals surface area contributed by atoms with Crippen molar-refractivity contribution in [2.24, 2.45) is 4.99 Å². The molecule has 3 heterocycles. The number of hydrogen-bond acceptors (Lipinski definition) is 7. The molecule has 0 amide bonds.